The Balaban J connectivity index is 1.14. The number of morpholine rings is 1. The first kappa shape index (κ1) is 35.1. The van der Waals surface area contributed by atoms with E-state index in [0.29, 0.717) is 37.9 Å². The van der Waals surface area contributed by atoms with Gasteiger partial charge in [-0.15, -0.1) is 20.4 Å². The van der Waals surface area contributed by atoms with Gasteiger partial charge in [-0.1, -0.05) is 0 Å². The van der Waals surface area contributed by atoms with Crippen LogP contribution in [0.4, 0.5) is 26.0 Å². The Kier molecular flexibility index (Phi) is 10.5. The van der Waals surface area contributed by atoms with Crippen LogP contribution >= 0.6 is 0 Å². The van der Waals surface area contributed by atoms with Crippen LogP contribution in [0, 0.1) is 11.6 Å². The number of anilines is 3. The van der Waals surface area contributed by atoms with E-state index in [2.05, 4.69) is 36.0 Å². The molecular weight excluding hydrogens is 684 g/mol. The lowest BCUT2D eigenvalue weighted by molar-refractivity contribution is 0.0686. The van der Waals surface area contributed by atoms with Gasteiger partial charge < -0.3 is 30.5 Å². The monoisotopic (exact) mass is 713 g/mol. The van der Waals surface area contributed by atoms with E-state index in [4.69, 9.17) is 4.74 Å². The van der Waals surface area contributed by atoms with E-state index >= 15 is 8.78 Å². The first-order valence-corrected chi connectivity index (χ1v) is 15.8. The minimum atomic E-state index is -1.49. The molecule has 5 aromatic rings. The van der Waals surface area contributed by atoms with Crippen molar-refractivity contribution in [3.05, 3.63) is 113 Å². The summed E-state index contributed by atoms with van der Waals surface area (Å²) in [5.41, 5.74) is -1.56. The van der Waals surface area contributed by atoms with Crippen LogP contribution in [0.15, 0.2) is 67.3 Å². The number of amides is 2. The molecule has 0 bridgehead atoms. The number of aromatic carboxylic acids is 2. The zero-order valence-corrected chi connectivity index (χ0v) is 27.1. The topological polar surface area (TPSA) is 215 Å². The lowest BCUT2D eigenvalue weighted by Crippen LogP contribution is -2.37. The number of carbonyl (C=O) groups excluding carboxylic acids is 2. The second-order valence-electron chi connectivity index (χ2n) is 11.5. The normalized spacial score (nSPS) is 12.7. The molecule has 4 heterocycles. The highest BCUT2D eigenvalue weighted by atomic mass is 19.1. The molecule has 0 atom stereocenters. The van der Waals surface area contributed by atoms with Gasteiger partial charge in [0.1, 0.15) is 18.0 Å². The third-order valence-corrected chi connectivity index (χ3v) is 8.09. The predicted octanol–water partition coefficient (Wildman–Crippen LogP) is 3.64. The highest BCUT2D eigenvalue weighted by Gasteiger charge is 2.22. The summed E-state index contributed by atoms with van der Waals surface area (Å²) in [4.78, 5) is 55.6. The molecule has 52 heavy (non-hydrogen) atoms. The second-order valence-corrected chi connectivity index (χ2v) is 11.5. The molecule has 266 valence electrons. The predicted molar refractivity (Wildman–Crippen MR) is 179 cm³/mol. The van der Waals surface area contributed by atoms with Crippen molar-refractivity contribution in [2.75, 3.05) is 41.8 Å². The van der Waals surface area contributed by atoms with Gasteiger partial charge in [0.15, 0.2) is 23.0 Å². The lowest BCUT2D eigenvalue weighted by Gasteiger charge is -2.27. The summed E-state index contributed by atoms with van der Waals surface area (Å²) in [5.74, 6) is -5.33. The Labute approximate surface area is 293 Å². The fourth-order valence-corrected chi connectivity index (χ4v) is 5.41. The summed E-state index contributed by atoms with van der Waals surface area (Å²) in [6, 6.07) is 9.83. The number of nitrogens with zero attached hydrogens (tertiary/aromatic N) is 7. The van der Waals surface area contributed by atoms with Crippen molar-refractivity contribution < 1.29 is 42.9 Å². The molecule has 3 aromatic heterocycles. The summed E-state index contributed by atoms with van der Waals surface area (Å²) in [7, 11) is 0. The van der Waals surface area contributed by atoms with Gasteiger partial charge in [-0.25, -0.2) is 23.4 Å². The van der Waals surface area contributed by atoms with Crippen LogP contribution in [0.2, 0.25) is 0 Å². The quantitative estimate of drug-likeness (QED) is 0.146. The molecule has 0 unspecified atom stereocenters. The molecule has 0 aliphatic carbocycles. The number of hydrogen-bond donors (Lipinski definition) is 4. The van der Waals surface area contributed by atoms with Crippen LogP contribution < -0.4 is 15.5 Å². The number of carbonyl (C=O) groups is 4. The highest BCUT2D eigenvalue weighted by Crippen LogP contribution is 2.26. The van der Waals surface area contributed by atoms with E-state index in [1.807, 2.05) is 4.90 Å². The van der Waals surface area contributed by atoms with Gasteiger partial charge in [-0.2, -0.15) is 0 Å². The summed E-state index contributed by atoms with van der Waals surface area (Å²) >= 11 is 0. The van der Waals surface area contributed by atoms with E-state index in [1.165, 1.54) is 42.9 Å². The SMILES string of the molecule is O=C(Nc1cc(CCCc2cc(NC(=O)c3ccc(-n4ccnc4)nn3)c(C(=O)O)cc2F)c(F)cc1C(=O)O)c1ccc(N2CCOCC2)nn1. The van der Waals surface area contributed by atoms with Crippen molar-refractivity contribution in [2.24, 2.45) is 0 Å². The van der Waals surface area contributed by atoms with Gasteiger partial charge in [-0.3, -0.25) is 14.2 Å². The zero-order chi connectivity index (χ0) is 36.8. The summed E-state index contributed by atoms with van der Waals surface area (Å²) in [6.45, 7) is 2.27. The number of imidazole rings is 1. The van der Waals surface area contributed by atoms with Gasteiger partial charge in [0.2, 0.25) is 0 Å². The van der Waals surface area contributed by atoms with Crippen LogP contribution in [-0.4, -0.2) is 90.2 Å². The van der Waals surface area contributed by atoms with E-state index < -0.39 is 46.5 Å². The number of carboxylic acids is 2. The Morgan fingerprint density at radius 1 is 0.731 bits per heavy atom. The fraction of sp³-hybridized carbons (Fsp3) is 0.206. The Bertz CT molecular complexity index is 2130. The molecule has 0 saturated carbocycles. The third kappa shape index (κ3) is 8.02. The molecule has 2 aromatic carbocycles. The lowest BCUT2D eigenvalue weighted by atomic mass is 9.99. The van der Waals surface area contributed by atoms with Gasteiger partial charge >= 0.3 is 11.9 Å². The average Bonchev–Trinajstić information content (AvgIpc) is 3.69. The Morgan fingerprint density at radius 2 is 1.25 bits per heavy atom. The molecule has 1 aliphatic heterocycles. The largest absolute Gasteiger partial charge is 0.478 e. The maximum atomic E-state index is 15.1. The number of rotatable bonds is 12. The first-order chi connectivity index (χ1) is 25.1. The maximum absolute atomic E-state index is 15.1. The number of aryl methyl sites for hydroxylation is 2. The number of benzene rings is 2. The maximum Gasteiger partial charge on any atom is 0.337 e. The first-order valence-electron chi connectivity index (χ1n) is 15.8. The minimum absolute atomic E-state index is 0.0245. The molecule has 1 aliphatic rings. The molecule has 18 heteroatoms. The van der Waals surface area contributed by atoms with Gasteiger partial charge in [-0.05, 0) is 78.9 Å². The number of aromatic nitrogens is 6. The summed E-state index contributed by atoms with van der Waals surface area (Å²) in [5, 5.41) is 40.1. The number of halogens is 2. The molecule has 0 spiro atoms. The van der Waals surface area contributed by atoms with Crippen LogP contribution in [0.1, 0.15) is 59.2 Å². The smallest absolute Gasteiger partial charge is 0.337 e. The molecule has 0 radical (unpaired) electrons. The van der Waals surface area contributed by atoms with Crippen LogP contribution in [-0.2, 0) is 17.6 Å². The Morgan fingerprint density at radius 3 is 1.69 bits per heavy atom. The number of carboxylic acid groups (broad SMARTS) is 2. The van der Waals surface area contributed by atoms with Crippen molar-refractivity contribution in [1.82, 2.24) is 29.9 Å². The number of nitrogens with one attached hydrogen (secondary N) is 2. The van der Waals surface area contributed by atoms with Crippen molar-refractivity contribution in [3.63, 3.8) is 0 Å². The van der Waals surface area contributed by atoms with Crippen molar-refractivity contribution >= 4 is 40.9 Å². The number of ether oxygens (including phenoxy) is 1. The van der Waals surface area contributed by atoms with E-state index in [1.54, 1.807) is 16.8 Å². The van der Waals surface area contributed by atoms with Crippen molar-refractivity contribution in [3.8, 4) is 5.82 Å². The van der Waals surface area contributed by atoms with E-state index in [9.17, 15) is 29.4 Å². The van der Waals surface area contributed by atoms with Crippen LogP contribution in [0.5, 0.6) is 0 Å². The average molecular weight is 714 g/mol. The Hall–Kier alpha value is -6.69. The summed E-state index contributed by atoms with van der Waals surface area (Å²) < 4.78 is 37.0. The molecule has 16 nitrogen and oxygen atoms in total. The van der Waals surface area contributed by atoms with Gasteiger partial charge in [0.25, 0.3) is 11.8 Å². The molecule has 4 N–H and O–H groups in total. The second kappa shape index (κ2) is 15.5. The summed E-state index contributed by atoms with van der Waals surface area (Å²) in [6.07, 6.45) is 4.72. The zero-order valence-electron chi connectivity index (χ0n) is 27.1. The standard InChI is InChI=1S/C34H29F2N9O7/c35-23-16-21(33(48)49)27(38-31(46)25-4-6-29(42-40-25)44-10-12-52-13-11-44)14-19(23)2-1-3-20-15-28(22(34(50)51)17-24(20)36)39-32(47)26-5-7-30(43-41-26)45-9-8-37-18-45/h4-9,14-18H,1-3,10-13H2,(H,38,46)(H,39,47)(H,48,49)(H,50,51). The fourth-order valence-electron chi connectivity index (χ4n) is 5.41. The van der Waals surface area contributed by atoms with E-state index in [0.717, 1.165) is 12.1 Å². The molecule has 1 fully saturated rings. The van der Waals surface area contributed by atoms with Gasteiger partial charge in [0.05, 0.1) is 35.7 Å². The number of hydrogen-bond acceptors (Lipinski definition) is 11. The molecule has 6 rings (SSSR count). The van der Waals surface area contributed by atoms with Crippen molar-refractivity contribution in [1.29, 1.82) is 0 Å². The van der Waals surface area contributed by atoms with Crippen LogP contribution in [0.25, 0.3) is 5.82 Å². The molecule has 2 amide bonds. The highest BCUT2D eigenvalue weighted by molar-refractivity contribution is 6.07. The van der Waals surface area contributed by atoms with E-state index in [-0.39, 0.29) is 53.2 Å². The molecular formula is C34H29F2N9O7. The van der Waals surface area contributed by atoms with Gasteiger partial charge in [0, 0.05) is 25.5 Å². The third-order valence-electron chi connectivity index (χ3n) is 8.09. The minimum Gasteiger partial charge on any atom is -0.478 e. The van der Waals surface area contributed by atoms with Crippen molar-refractivity contribution in [2.45, 2.75) is 19.3 Å². The van der Waals surface area contributed by atoms with Crippen LogP contribution in [0.3, 0.4) is 0 Å². The molecule has 1 saturated heterocycles.